The molecule has 5 heteroatoms. The summed E-state index contributed by atoms with van der Waals surface area (Å²) in [5.74, 6) is -0.196. The zero-order valence-corrected chi connectivity index (χ0v) is 13.3. The van der Waals surface area contributed by atoms with Gasteiger partial charge >= 0.3 is 0 Å². The van der Waals surface area contributed by atoms with Crippen LogP contribution in [0.15, 0.2) is 36.5 Å². The average Bonchev–Trinajstić information content (AvgIpc) is 2.89. The van der Waals surface area contributed by atoms with Crippen molar-refractivity contribution in [3.8, 4) is 0 Å². The van der Waals surface area contributed by atoms with Gasteiger partial charge in [-0.2, -0.15) is 0 Å². The monoisotopic (exact) mass is 314 g/mol. The number of aromatic nitrogens is 1. The van der Waals surface area contributed by atoms with Gasteiger partial charge in [-0.1, -0.05) is 18.2 Å². The van der Waals surface area contributed by atoms with Crippen molar-refractivity contribution in [1.29, 1.82) is 0 Å². The van der Waals surface area contributed by atoms with Gasteiger partial charge in [0.25, 0.3) is 0 Å². The van der Waals surface area contributed by atoms with E-state index in [0.717, 1.165) is 16.5 Å². The lowest BCUT2D eigenvalue weighted by Crippen LogP contribution is -2.46. The van der Waals surface area contributed by atoms with Crippen LogP contribution in [0.2, 0.25) is 0 Å². The fraction of sp³-hybridized carbons (Fsp3) is 0.389. The van der Waals surface area contributed by atoms with Crippen LogP contribution in [0.3, 0.4) is 0 Å². The van der Waals surface area contributed by atoms with E-state index in [1.807, 2.05) is 48.2 Å². The largest absolute Gasteiger partial charge is 0.388 e. The first-order chi connectivity index (χ1) is 11.1. The van der Waals surface area contributed by atoms with Crippen LogP contribution in [0.5, 0.6) is 0 Å². The van der Waals surface area contributed by atoms with E-state index in [1.165, 1.54) is 6.08 Å². The number of fused-ring (bicyclic) bond motifs is 1. The molecule has 0 spiro atoms. The number of aryl methyl sites for hydroxylation is 1. The van der Waals surface area contributed by atoms with Crippen molar-refractivity contribution < 1.29 is 14.6 Å². The number of nitrogens with one attached hydrogen (secondary N) is 1. The molecule has 0 saturated carbocycles. The Morgan fingerprint density at radius 3 is 2.91 bits per heavy atom. The van der Waals surface area contributed by atoms with Crippen molar-refractivity contribution in [2.24, 2.45) is 7.05 Å². The van der Waals surface area contributed by atoms with E-state index < -0.39 is 5.60 Å². The van der Waals surface area contributed by atoms with Crippen LogP contribution < -0.4 is 5.32 Å². The molecule has 23 heavy (non-hydrogen) atoms. The average molecular weight is 314 g/mol. The van der Waals surface area contributed by atoms with Gasteiger partial charge in [-0.15, -0.1) is 0 Å². The summed E-state index contributed by atoms with van der Waals surface area (Å²) < 4.78 is 7.27. The summed E-state index contributed by atoms with van der Waals surface area (Å²) in [6.45, 7) is 1.34. The molecule has 1 aromatic carbocycles. The summed E-state index contributed by atoms with van der Waals surface area (Å²) in [5, 5.41) is 14.2. The minimum absolute atomic E-state index is 0.196. The van der Waals surface area contributed by atoms with Crippen molar-refractivity contribution in [2.75, 3.05) is 19.8 Å². The van der Waals surface area contributed by atoms with Gasteiger partial charge in [0.05, 0.1) is 5.60 Å². The van der Waals surface area contributed by atoms with Crippen molar-refractivity contribution in [3.05, 3.63) is 42.1 Å². The van der Waals surface area contributed by atoms with E-state index in [9.17, 15) is 9.90 Å². The molecule has 2 aromatic rings. The highest BCUT2D eigenvalue weighted by atomic mass is 16.5. The van der Waals surface area contributed by atoms with Crippen LogP contribution in [0.4, 0.5) is 0 Å². The van der Waals surface area contributed by atoms with Gasteiger partial charge in [0, 0.05) is 68.4 Å². The number of amides is 1. The molecule has 0 atom stereocenters. The molecule has 1 saturated heterocycles. The van der Waals surface area contributed by atoms with E-state index >= 15 is 0 Å². The Bertz CT molecular complexity index is 727. The van der Waals surface area contributed by atoms with Crippen LogP contribution >= 0.6 is 0 Å². The van der Waals surface area contributed by atoms with E-state index in [1.54, 1.807) is 0 Å². The van der Waals surface area contributed by atoms with E-state index in [-0.39, 0.29) is 12.5 Å². The number of carbonyl (C=O) groups excluding carboxylic acids is 1. The maximum Gasteiger partial charge on any atom is 0.244 e. The highest BCUT2D eigenvalue weighted by Gasteiger charge is 2.29. The Morgan fingerprint density at radius 1 is 1.39 bits per heavy atom. The van der Waals surface area contributed by atoms with Gasteiger partial charge in [0.15, 0.2) is 0 Å². The molecule has 0 aliphatic carbocycles. The first-order valence-electron chi connectivity index (χ1n) is 7.88. The Kier molecular flexibility index (Phi) is 4.50. The molecular formula is C18H22N2O3. The molecule has 0 unspecified atom stereocenters. The maximum absolute atomic E-state index is 12.0. The summed E-state index contributed by atoms with van der Waals surface area (Å²) in [5.41, 5.74) is 1.29. The Labute approximate surface area is 135 Å². The molecule has 1 aliphatic rings. The molecule has 0 bridgehead atoms. The Hall–Kier alpha value is -2.11. The molecule has 1 fully saturated rings. The number of hydrogen-bond acceptors (Lipinski definition) is 3. The summed E-state index contributed by atoms with van der Waals surface area (Å²) in [6.07, 6.45) is 6.44. The topological polar surface area (TPSA) is 63.5 Å². The summed E-state index contributed by atoms with van der Waals surface area (Å²) in [6, 6.07) is 8.07. The van der Waals surface area contributed by atoms with Gasteiger partial charge in [-0.25, -0.2) is 0 Å². The second-order valence-electron chi connectivity index (χ2n) is 6.10. The molecule has 1 amide bonds. The van der Waals surface area contributed by atoms with Crippen LogP contribution in [0.1, 0.15) is 18.4 Å². The molecule has 122 valence electrons. The number of ether oxygens (including phenoxy) is 1. The fourth-order valence-corrected chi connectivity index (χ4v) is 2.91. The second kappa shape index (κ2) is 6.56. The predicted molar refractivity (Wildman–Crippen MR) is 90.0 cm³/mol. The van der Waals surface area contributed by atoms with Crippen molar-refractivity contribution in [3.63, 3.8) is 0 Å². The third kappa shape index (κ3) is 3.63. The van der Waals surface area contributed by atoms with Crippen molar-refractivity contribution in [2.45, 2.75) is 18.4 Å². The number of aliphatic hydroxyl groups is 1. The lowest BCUT2D eigenvalue weighted by Gasteiger charge is -2.31. The van der Waals surface area contributed by atoms with Gasteiger partial charge < -0.3 is 19.7 Å². The van der Waals surface area contributed by atoms with Crippen LogP contribution in [-0.4, -0.2) is 40.9 Å². The van der Waals surface area contributed by atoms with Gasteiger partial charge in [-0.3, -0.25) is 4.79 Å². The molecule has 3 rings (SSSR count). The number of nitrogens with zero attached hydrogens (tertiary/aromatic N) is 1. The maximum atomic E-state index is 12.0. The molecule has 1 aromatic heterocycles. The van der Waals surface area contributed by atoms with Gasteiger partial charge in [-0.05, 0) is 12.1 Å². The normalized spacial score (nSPS) is 17.7. The number of benzene rings is 1. The lowest BCUT2D eigenvalue weighted by atomic mass is 9.94. The summed E-state index contributed by atoms with van der Waals surface area (Å²) in [4.78, 5) is 12.0. The van der Waals surface area contributed by atoms with Crippen LogP contribution in [-0.2, 0) is 16.6 Å². The third-order valence-electron chi connectivity index (χ3n) is 4.36. The third-order valence-corrected chi connectivity index (χ3v) is 4.36. The zero-order chi connectivity index (χ0) is 16.3. The smallest absolute Gasteiger partial charge is 0.244 e. The Morgan fingerprint density at radius 2 is 2.13 bits per heavy atom. The summed E-state index contributed by atoms with van der Waals surface area (Å²) in [7, 11) is 1.99. The molecular weight excluding hydrogens is 292 g/mol. The highest BCUT2D eigenvalue weighted by molar-refractivity contribution is 5.96. The van der Waals surface area contributed by atoms with Crippen LogP contribution in [0, 0.1) is 0 Å². The quantitative estimate of drug-likeness (QED) is 0.847. The SMILES string of the molecule is Cn1cc(C=CC(=O)NCC2(O)CCOCC2)c2ccccc21. The van der Waals surface area contributed by atoms with Gasteiger partial charge in [0.2, 0.25) is 5.91 Å². The molecule has 0 radical (unpaired) electrons. The van der Waals surface area contributed by atoms with E-state index in [2.05, 4.69) is 5.32 Å². The molecule has 5 nitrogen and oxygen atoms in total. The van der Waals surface area contributed by atoms with Crippen molar-refractivity contribution >= 4 is 22.9 Å². The van der Waals surface area contributed by atoms with Gasteiger partial charge in [0.1, 0.15) is 0 Å². The fourth-order valence-electron chi connectivity index (χ4n) is 2.91. The van der Waals surface area contributed by atoms with E-state index in [4.69, 9.17) is 4.74 Å². The number of carbonyl (C=O) groups is 1. The van der Waals surface area contributed by atoms with E-state index in [0.29, 0.717) is 26.1 Å². The second-order valence-corrected chi connectivity index (χ2v) is 6.10. The predicted octanol–water partition coefficient (Wildman–Crippen LogP) is 1.85. The lowest BCUT2D eigenvalue weighted by molar-refractivity contribution is -0.119. The minimum atomic E-state index is -0.846. The minimum Gasteiger partial charge on any atom is -0.388 e. The molecule has 1 aliphatic heterocycles. The number of rotatable bonds is 4. The molecule has 2 heterocycles. The van der Waals surface area contributed by atoms with Crippen molar-refractivity contribution in [1.82, 2.24) is 9.88 Å². The first kappa shape index (κ1) is 15.8. The number of para-hydroxylation sites is 1. The zero-order valence-electron chi connectivity index (χ0n) is 13.3. The highest BCUT2D eigenvalue weighted by Crippen LogP contribution is 2.21. The standard InChI is InChI=1S/C18H22N2O3/c1-20-12-14(15-4-2-3-5-16(15)20)6-7-17(21)19-13-18(22)8-10-23-11-9-18/h2-7,12,22H,8-11,13H2,1H3,(H,19,21). The van der Waals surface area contributed by atoms with Crippen LogP contribution in [0.25, 0.3) is 17.0 Å². The number of hydrogen-bond donors (Lipinski definition) is 2. The first-order valence-corrected chi connectivity index (χ1v) is 7.88. The molecule has 2 N–H and O–H groups in total. The summed E-state index contributed by atoms with van der Waals surface area (Å²) >= 11 is 0. The Balaban J connectivity index is 1.64.